The molecular weight excluding hydrogens is 264 g/mol. The van der Waals surface area contributed by atoms with E-state index in [0.29, 0.717) is 6.04 Å². The van der Waals surface area contributed by atoms with E-state index < -0.39 is 0 Å². The predicted octanol–water partition coefficient (Wildman–Crippen LogP) is 3.15. The van der Waals surface area contributed by atoms with Crippen LogP contribution in [-0.4, -0.2) is 11.1 Å². The summed E-state index contributed by atoms with van der Waals surface area (Å²) in [7, 11) is 2.17. The van der Waals surface area contributed by atoms with Gasteiger partial charge in [-0.25, -0.2) is 0 Å². The molecule has 16 heavy (non-hydrogen) atoms. The van der Waals surface area contributed by atoms with Crippen LogP contribution in [0.5, 0.6) is 0 Å². The number of hydrogen-bond acceptors (Lipinski definition) is 1. The summed E-state index contributed by atoms with van der Waals surface area (Å²) in [5.74, 6) is 0. The topological polar surface area (TPSA) is 17.0 Å². The minimum atomic E-state index is 0.458. The molecule has 0 spiro atoms. The zero-order chi connectivity index (χ0) is 11.3. The van der Waals surface area contributed by atoms with Gasteiger partial charge in [0.1, 0.15) is 0 Å². The van der Waals surface area contributed by atoms with Crippen LogP contribution >= 0.6 is 15.9 Å². The molecule has 84 valence electrons. The molecule has 1 atom stereocenters. The van der Waals surface area contributed by atoms with Crippen molar-refractivity contribution in [2.45, 2.75) is 19.4 Å². The van der Waals surface area contributed by atoms with Crippen molar-refractivity contribution in [2.75, 3.05) is 6.54 Å². The SMILES string of the molecule is CC1NCCc2c1n(C)c1ccc(Br)cc21. The molecule has 1 unspecified atom stereocenters. The molecule has 0 radical (unpaired) electrons. The van der Waals surface area contributed by atoms with E-state index in [1.165, 1.54) is 26.6 Å². The molecule has 0 amide bonds. The molecule has 1 aromatic heterocycles. The third kappa shape index (κ3) is 1.35. The van der Waals surface area contributed by atoms with Crippen molar-refractivity contribution in [3.63, 3.8) is 0 Å². The fourth-order valence-corrected chi connectivity index (χ4v) is 3.20. The number of rotatable bonds is 0. The maximum atomic E-state index is 3.56. The molecule has 0 fully saturated rings. The average molecular weight is 279 g/mol. The lowest BCUT2D eigenvalue weighted by Gasteiger charge is -2.22. The van der Waals surface area contributed by atoms with Gasteiger partial charge in [-0.3, -0.25) is 0 Å². The monoisotopic (exact) mass is 278 g/mol. The van der Waals surface area contributed by atoms with Crippen LogP contribution in [0.1, 0.15) is 24.2 Å². The van der Waals surface area contributed by atoms with Crippen molar-refractivity contribution in [3.05, 3.63) is 33.9 Å². The number of hydrogen-bond donors (Lipinski definition) is 1. The van der Waals surface area contributed by atoms with E-state index in [2.05, 4.69) is 58.0 Å². The number of fused-ring (bicyclic) bond motifs is 3. The Morgan fingerprint density at radius 2 is 2.25 bits per heavy atom. The lowest BCUT2D eigenvalue weighted by molar-refractivity contribution is 0.515. The molecule has 2 nitrogen and oxygen atoms in total. The van der Waals surface area contributed by atoms with E-state index in [-0.39, 0.29) is 0 Å². The number of aryl methyl sites for hydroxylation is 1. The highest BCUT2D eigenvalue weighted by Gasteiger charge is 2.22. The number of nitrogens with one attached hydrogen (secondary N) is 1. The molecule has 1 N–H and O–H groups in total. The second kappa shape index (κ2) is 3.60. The first-order chi connectivity index (χ1) is 7.68. The maximum absolute atomic E-state index is 3.56. The zero-order valence-electron chi connectivity index (χ0n) is 9.55. The lowest BCUT2D eigenvalue weighted by atomic mass is 10.0. The van der Waals surface area contributed by atoms with Gasteiger partial charge in [-0.2, -0.15) is 0 Å². The van der Waals surface area contributed by atoms with Gasteiger partial charge in [0.25, 0.3) is 0 Å². The van der Waals surface area contributed by atoms with Crippen LogP contribution in [0, 0.1) is 0 Å². The summed E-state index contributed by atoms with van der Waals surface area (Å²) in [4.78, 5) is 0. The maximum Gasteiger partial charge on any atom is 0.0484 e. The van der Waals surface area contributed by atoms with Crippen molar-refractivity contribution < 1.29 is 0 Å². The zero-order valence-corrected chi connectivity index (χ0v) is 11.1. The quantitative estimate of drug-likeness (QED) is 0.784. The van der Waals surface area contributed by atoms with Crippen LogP contribution in [0.4, 0.5) is 0 Å². The number of halogens is 1. The third-order valence-corrected chi connectivity index (χ3v) is 4.04. The minimum Gasteiger partial charge on any atom is -0.346 e. The van der Waals surface area contributed by atoms with Gasteiger partial charge in [0.05, 0.1) is 0 Å². The van der Waals surface area contributed by atoms with Gasteiger partial charge < -0.3 is 9.88 Å². The molecule has 0 saturated heterocycles. The third-order valence-electron chi connectivity index (χ3n) is 3.55. The Kier molecular flexibility index (Phi) is 2.33. The van der Waals surface area contributed by atoms with Crippen molar-refractivity contribution in [1.82, 2.24) is 9.88 Å². The van der Waals surface area contributed by atoms with Crippen LogP contribution in [0.2, 0.25) is 0 Å². The molecular formula is C13H15BrN2. The van der Waals surface area contributed by atoms with E-state index in [1.807, 2.05) is 0 Å². The highest BCUT2D eigenvalue weighted by atomic mass is 79.9. The molecule has 0 aliphatic carbocycles. The molecule has 0 saturated carbocycles. The second-order valence-corrected chi connectivity index (χ2v) is 5.43. The normalized spacial score (nSPS) is 20.1. The Bertz CT molecular complexity index is 557. The van der Waals surface area contributed by atoms with Crippen molar-refractivity contribution in [3.8, 4) is 0 Å². The van der Waals surface area contributed by atoms with Gasteiger partial charge in [-0.05, 0) is 43.7 Å². The number of aromatic nitrogens is 1. The molecule has 3 heteroatoms. The summed E-state index contributed by atoms with van der Waals surface area (Å²) in [6.45, 7) is 3.33. The van der Waals surface area contributed by atoms with Gasteiger partial charge in [-0.15, -0.1) is 0 Å². The van der Waals surface area contributed by atoms with E-state index in [1.54, 1.807) is 0 Å². The molecule has 0 bridgehead atoms. The Labute approximate surface area is 104 Å². The molecule has 1 aliphatic rings. The Morgan fingerprint density at radius 1 is 1.44 bits per heavy atom. The van der Waals surface area contributed by atoms with E-state index in [0.717, 1.165) is 13.0 Å². The molecule has 2 heterocycles. The van der Waals surface area contributed by atoms with Crippen molar-refractivity contribution >= 4 is 26.8 Å². The smallest absolute Gasteiger partial charge is 0.0484 e. The highest BCUT2D eigenvalue weighted by molar-refractivity contribution is 9.10. The van der Waals surface area contributed by atoms with Gasteiger partial charge in [0, 0.05) is 34.2 Å². The average Bonchev–Trinajstić information content (AvgIpc) is 2.54. The fourth-order valence-electron chi connectivity index (χ4n) is 2.84. The summed E-state index contributed by atoms with van der Waals surface area (Å²) >= 11 is 3.56. The first kappa shape index (κ1) is 10.4. The second-order valence-electron chi connectivity index (χ2n) is 4.51. The standard InChI is InChI=1S/C13H15BrN2/c1-8-13-10(5-6-15-8)11-7-9(14)3-4-12(11)16(13)2/h3-4,7-8,15H,5-6H2,1-2H3. The number of benzene rings is 1. The molecule has 1 aliphatic heterocycles. The van der Waals surface area contributed by atoms with Crippen LogP contribution in [0.25, 0.3) is 10.9 Å². The van der Waals surface area contributed by atoms with Crippen molar-refractivity contribution in [1.29, 1.82) is 0 Å². The summed E-state index contributed by atoms with van der Waals surface area (Å²) < 4.78 is 3.49. The predicted molar refractivity (Wildman–Crippen MR) is 70.7 cm³/mol. The van der Waals surface area contributed by atoms with Gasteiger partial charge in [-0.1, -0.05) is 15.9 Å². The van der Waals surface area contributed by atoms with Crippen LogP contribution in [-0.2, 0) is 13.5 Å². The van der Waals surface area contributed by atoms with Crippen LogP contribution < -0.4 is 5.32 Å². The first-order valence-electron chi connectivity index (χ1n) is 5.68. The summed E-state index contributed by atoms with van der Waals surface area (Å²) in [5.41, 5.74) is 4.30. The number of nitrogens with zero attached hydrogens (tertiary/aromatic N) is 1. The largest absolute Gasteiger partial charge is 0.346 e. The Hall–Kier alpha value is -0.800. The molecule has 3 rings (SSSR count). The van der Waals surface area contributed by atoms with Gasteiger partial charge in [0.15, 0.2) is 0 Å². The molecule has 1 aromatic carbocycles. The van der Waals surface area contributed by atoms with Crippen LogP contribution in [0.15, 0.2) is 22.7 Å². The first-order valence-corrected chi connectivity index (χ1v) is 6.48. The fraction of sp³-hybridized carbons (Fsp3) is 0.385. The lowest BCUT2D eigenvalue weighted by Crippen LogP contribution is -2.28. The summed E-state index contributed by atoms with van der Waals surface area (Å²) in [6.07, 6.45) is 1.13. The molecule has 2 aromatic rings. The van der Waals surface area contributed by atoms with E-state index >= 15 is 0 Å². The van der Waals surface area contributed by atoms with Gasteiger partial charge in [0.2, 0.25) is 0 Å². The highest BCUT2D eigenvalue weighted by Crippen LogP contribution is 2.33. The Morgan fingerprint density at radius 3 is 3.06 bits per heavy atom. The van der Waals surface area contributed by atoms with Gasteiger partial charge >= 0.3 is 0 Å². The van der Waals surface area contributed by atoms with Crippen LogP contribution in [0.3, 0.4) is 0 Å². The van der Waals surface area contributed by atoms with E-state index in [4.69, 9.17) is 0 Å². The van der Waals surface area contributed by atoms with E-state index in [9.17, 15) is 0 Å². The van der Waals surface area contributed by atoms with Crippen molar-refractivity contribution in [2.24, 2.45) is 7.05 Å². The minimum absolute atomic E-state index is 0.458. The Balaban J connectivity index is 2.39. The summed E-state index contributed by atoms with van der Waals surface area (Å²) in [6, 6.07) is 7.02. The summed E-state index contributed by atoms with van der Waals surface area (Å²) in [5, 5.41) is 4.92.